The van der Waals surface area contributed by atoms with Crippen molar-refractivity contribution in [3.05, 3.63) is 0 Å². The first-order valence-electron chi connectivity index (χ1n) is 0.123. The maximum atomic E-state index is 7.81. The topological polar surface area (TPSA) is 17.1 Å². The van der Waals surface area contributed by atoms with Crippen molar-refractivity contribution in [2.24, 2.45) is 0 Å². The molecule has 0 aromatic carbocycles. The summed E-state index contributed by atoms with van der Waals surface area (Å²) in [5.74, 6) is 0. The third-order valence-corrected chi connectivity index (χ3v) is 0. The van der Waals surface area contributed by atoms with Crippen molar-refractivity contribution in [2.45, 2.75) is 0 Å². The molecule has 0 aliphatic carbocycles. The summed E-state index contributed by atoms with van der Waals surface area (Å²) in [6, 6.07) is 0. The van der Waals surface area contributed by atoms with E-state index in [1.165, 1.54) is 0 Å². The standard InChI is InChI=1S/Ba.Cu.O.U.2H. The van der Waals surface area contributed by atoms with Crippen molar-refractivity contribution >= 4 is 48.9 Å². The zero-order chi connectivity index (χ0) is 2.00. The van der Waals surface area contributed by atoms with E-state index in [1.807, 2.05) is 0 Å². The van der Waals surface area contributed by atoms with Crippen LogP contribution in [-0.4, -0.2) is 48.9 Å². The van der Waals surface area contributed by atoms with Crippen LogP contribution in [0.3, 0.4) is 0 Å². The first kappa shape index (κ1) is 15.8. The molecule has 0 aromatic heterocycles. The molecule has 0 unspecified atom stereocenters. The van der Waals surface area contributed by atoms with Crippen molar-refractivity contribution < 1.29 is 50.9 Å². The van der Waals surface area contributed by atoms with Crippen molar-refractivity contribution in [1.29, 1.82) is 0 Å². The molecule has 0 heterocycles. The second kappa shape index (κ2) is 16.8. The maximum Gasteiger partial charge on any atom is 0 e. The van der Waals surface area contributed by atoms with Gasteiger partial charge in [-0.1, -0.05) is 0 Å². The molecule has 0 N–H and O–H groups in total. The zero-order valence-electron chi connectivity index (χ0n) is 1.21. The quantitative estimate of drug-likeness (QED) is 0.426. The minimum Gasteiger partial charge on any atom is 0 e. The Kier molecular flexibility index (Phi) is 66.1. The van der Waals surface area contributed by atoms with Crippen LogP contribution in [0.25, 0.3) is 0 Å². The van der Waals surface area contributed by atoms with Crippen molar-refractivity contribution in [1.82, 2.24) is 0 Å². The second-order valence-electron chi connectivity index (χ2n) is 0. The Labute approximate surface area is 97.1 Å². The Hall–Kier alpha value is 2.94. The van der Waals surface area contributed by atoms with E-state index in [0.29, 0.717) is 0 Å². The van der Waals surface area contributed by atoms with Gasteiger partial charge in [0.25, 0.3) is 0 Å². The van der Waals surface area contributed by atoms with E-state index in [0.717, 1.165) is 0 Å². The first-order chi connectivity index (χ1) is 1.00. The van der Waals surface area contributed by atoms with E-state index < -0.39 is 0 Å². The molecule has 0 aliphatic rings. The van der Waals surface area contributed by atoms with Crippen LogP contribution in [0.4, 0.5) is 0 Å². The average molecular weight is 457 g/mol. The maximum absolute atomic E-state index is 7.81. The smallest absolute Gasteiger partial charge is 0 e. The average Bonchev–Trinajstić information content (AvgIpc) is 1.00. The number of rotatable bonds is 0. The molecule has 4 heteroatoms. The zero-order valence-corrected chi connectivity index (χ0v) is 6.32. The van der Waals surface area contributed by atoms with E-state index in [2.05, 4.69) is 15.9 Å². The van der Waals surface area contributed by atoms with Gasteiger partial charge in [-0.05, 0) is 0 Å². The van der Waals surface area contributed by atoms with Gasteiger partial charge in [0.05, 0.1) is 0 Å². The van der Waals surface area contributed by atoms with Gasteiger partial charge in [0, 0.05) is 31.1 Å². The van der Waals surface area contributed by atoms with Crippen molar-refractivity contribution in [3.63, 3.8) is 0 Å². The Morgan fingerprint density at radius 2 is 1.25 bits per heavy atom. The molecule has 0 aliphatic heterocycles. The first-order valence-corrected chi connectivity index (χ1v) is 0.508. The van der Waals surface area contributed by atoms with Crippen molar-refractivity contribution in [3.8, 4) is 0 Å². The Morgan fingerprint density at radius 1 is 1.25 bits per heavy atom. The van der Waals surface area contributed by atoms with Gasteiger partial charge < -0.3 is 0 Å². The fourth-order valence-corrected chi connectivity index (χ4v) is 0. The molecule has 25 valence electrons. The van der Waals surface area contributed by atoms with Crippen molar-refractivity contribution in [2.75, 3.05) is 0 Å². The van der Waals surface area contributed by atoms with E-state index in [9.17, 15) is 0 Å². The second-order valence-corrected chi connectivity index (χ2v) is 0. The van der Waals surface area contributed by atoms with Gasteiger partial charge in [0.1, 0.15) is 0 Å². The fourth-order valence-electron chi connectivity index (χ4n) is 0. The van der Waals surface area contributed by atoms with Crippen LogP contribution >= 0.6 is 0 Å². The molecule has 0 atom stereocenters. The number of hydrogen-bond donors (Lipinski definition) is 0. The summed E-state index contributed by atoms with van der Waals surface area (Å²) in [6.45, 7) is 0. The van der Waals surface area contributed by atoms with Gasteiger partial charge in [-0.3, -0.25) is 0 Å². The monoisotopic (exact) mass is 457 g/mol. The minimum absolute atomic E-state index is 0. The summed E-state index contributed by atoms with van der Waals surface area (Å²) in [6.07, 6.45) is 0. The predicted molar refractivity (Wildman–Crippen MR) is 9.23 cm³/mol. The summed E-state index contributed by atoms with van der Waals surface area (Å²) in [7, 11) is 0. The largest absolute Gasteiger partial charge is 0 e. The molecule has 0 saturated carbocycles. The van der Waals surface area contributed by atoms with Gasteiger partial charge in [-0.2, -0.15) is 0 Å². The van der Waals surface area contributed by atoms with Crippen LogP contribution < -0.4 is 0 Å². The summed E-state index contributed by atoms with van der Waals surface area (Å²) in [4.78, 5) is 0. The Morgan fingerprint density at radius 3 is 1.25 bits per heavy atom. The molecule has 0 radical (unpaired) electrons. The van der Waals surface area contributed by atoms with E-state index >= 15 is 0 Å². The van der Waals surface area contributed by atoms with E-state index in [4.69, 9.17) is 3.83 Å². The van der Waals surface area contributed by atoms with Crippen LogP contribution in [0.2, 0.25) is 0 Å². The van der Waals surface area contributed by atoms with E-state index in [1.54, 1.807) is 0 Å². The van der Waals surface area contributed by atoms with Gasteiger partial charge in [0.2, 0.25) is 0 Å². The third kappa shape index (κ3) is 8.87. The predicted octanol–water partition coefficient (Wildman–Crippen LogP) is -1.04. The molecule has 4 heavy (non-hydrogen) atoms. The molecule has 1 nitrogen and oxygen atoms in total. The van der Waals surface area contributed by atoms with Gasteiger partial charge >= 0.3 is 68.7 Å². The van der Waals surface area contributed by atoms with Crippen LogP contribution in [0.1, 0.15) is 0 Å². The summed E-state index contributed by atoms with van der Waals surface area (Å²) >= 11 is 2.94. The molecule has 0 saturated heterocycles. The Bertz CT molecular complexity index is 8.00. The van der Waals surface area contributed by atoms with Crippen LogP contribution in [0.5, 0.6) is 0 Å². The third-order valence-electron chi connectivity index (χ3n) is 0. The fraction of sp³-hybridized carbons (Fsp3) is 0. The van der Waals surface area contributed by atoms with Gasteiger partial charge in [0.15, 0.2) is 0 Å². The molecular formula is H2BaCuOU. The normalized spacial score (nSPS) is 1.50. The van der Waals surface area contributed by atoms with E-state index in [-0.39, 0.29) is 80.0 Å². The molecule has 0 bridgehead atoms. The minimum atomic E-state index is 0. The summed E-state index contributed by atoms with van der Waals surface area (Å²) in [5.41, 5.74) is 0. The molecule has 0 amide bonds. The molecule has 0 spiro atoms. The molecule has 0 rings (SSSR count). The van der Waals surface area contributed by atoms with Gasteiger partial charge in [-0.25, -0.2) is 0 Å². The van der Waals surface area contributed by atoms with Crippen LogP contribution in [-0.2, 0) is 19.8 Å². The molecule has 0 fully saturated rings. The Balaban J connectivity index is -0.00000000500. The number of hydrogen-bond acceptors (Lipinski definition) is 1. The molecular weight excluding hydrogens is 455 g/mol. The SMILES string of the molecule is [BaH2].[O]=[Cu].[U]. The summed E-state index contributed by atoms with van der Waals surface area (Å²) in [5, 5.41) is 0. The molecule has 0 aromatic rings. The summed E-state index contributed by atoms with van der Waals surface area (Å²) < 4.78 is 7.81. The van der Waals surface area contributed by atoms with Crippen LogP contribution in [0, 0.1) is 31.1 Å². The van der Waals surface area contributed by atoms with Crippen LogP contribution in [0.15, 0.2) is 0 Å². The van der Waals surface area contributed by atoms with Gasteiger partial charge in [-0.15, -0.1) is 0 Å².